The SMILES string of the molecule is C[C@H](NC1C2CC3CC(C2)CC1C3)c1cccc(F)c1. The highest BCUT2D eigenvalue weighted by Gasteiger charge is 2.48. The Hall–Kier alpha value is -0.890. The summed E-state index contributed by atoms with van der Waals surface area (Å²) in [4.78, 5) is 0. The molecule has 0 heterocycles. The van der Waals surface area contributed by atoms with Crippen LogP contribution in [0.2, 0.25) is 0 Å². The summed E-state index contributed by atoms with van der Waals surface area (Å²) in [6.45, 7) is 2.18. The van der Waals surface area contributed by atoms with Gasteiger partial charge in [0.15, 0.2) is 0 Å². The number of halogens is 1. The van der Waals surface area contributed by atoms with E-state index in [4.69, 9.17) is 0 Å². The number of benzene rings is 1. The zero-order chi connectivity index (χ0) is 13.7. The first-order chi connectivity index (χ1) is 9.69. The highest BCUT2D eigenvalue weighted by atomic mass is 19.1. The van der Waals surface area contributed by atoms with Gasteiger partial charge in [-0.1, -0.05) is 12.1 Å². The molecule has 0 amide bonds. The molecule has 1 N–H and O–H groups in total. The maximum absolute atomic E-state index is 13.4. The first kappa shape index (κ1) is 12.8. The lowest BCUT2D eigenvalue weighted by atomic mass is 9.54. The van der Waals surface area contributed by atoms with Crippen LogP contribution < -0.4 is 5.32 Å². The summed E-state index contributed by atoms with van der Waals surface area (Å²) in [5.41, 5.74) is 1.08. The average molecular weight is 273 g/mol. The fraction of sp³-hybridized carbons (Fsp3) is 0.667. The molecule has 1 nitrogen and oxygen atoms in total. The highest BCUT2D eigenvalue weighted by molar-refractivity contribution is 5.20. The van der Waals surface area contributed by atoms with Crippen LogP contribution in [0.15, 0.2) is 24.3 Å². The van der Waals surface area contributed by atoms with Crippen LogP contribution in [0.5, 0.6) is 0 Å². The summed E-state index contributed by atoms with van der Waals surface area (Å²) in [5.74, 6) is 3.66. The molecule has 4 bridgehead atoms. The van der Waals surface area contributed by atoms with Crippen LogP contribution in [0.25, 0.3) is 0 Å². The highest BCUT2D eigenvalue weighted by Crippen LogP contribution is 2.54. The van der Waals surface area contributed by atoms with Gasteiger partial charge >= 0.3 is 0 Å². The van der Waals surface area contributed by atoms with E-state index in [9.17, 15) is 4.39 Å². The molecule has 4 fully saturated rings. The zero-order valence-corrected chi connectivity index (χ0v) is 12.2. The topological polar surface area (TPSA) is 12.0 Å². The molecule has 0 radical (unpaired) electrons. The van der Waals surface area contributed by atoms with Crippen molar-refractivity contribution >= 4 is 0 Å². The second kappa shape index (κ2) is 4.84. The second-order valence-electron chi connectivity index (χ2n) is 7.40. The lowest BCUT2D eigenvalue weighted by molar-refractivity contribution is -0.0171. The Labute approximate surface area is 121 Å². The van der Waals surface area contributed by atoms with Crippen molar-refractivity contribution in [3.8, 4) is 0 Å². The first-order valence-electron chi connectivity index (χ1n) is 8.20. The molecule has 5 rings (SSSR count). The summed E-state index contributed by atoms with van der Waals surface area (Å²) >= 11 is 0. The predicted molar refractivity (Wildman–Crippen MR) is 78.8 cm³/mol. The van der Waals surface area contributed by atoms with Crippen LogP contribution in [-0.2, 0) is 0 Å². The lowest BCUT2D eigenvalue weighted by Gasteiger charge is -2.55. The molecule has 2 heteroatoms. The van der Waals surface area contributed by atoms with Crippen molar-refractivity contribution in [3.63, 3.8) is 0 Å². The lowest BCUT2D eigenvalue weighted by Crippen LogP contribution is -2.54. The maximum atomic E-state index is 13.4. The Morgan fingerprint density at radius 2 is 1.70 bits per heavy atom. The summed E-state index contributed by atoms with van der Waals surface area (Å²) in [7, 11) is 0. The molecule has 20 heavy (non-hydrogen) atoms. The van der Waals surface area contributed by atoms with Crippen molar-refractivity contribution in [2.45, 2.75) is 51.1 Å². The van der Waals surface area contributed by atoms with Gasteiger partial charge in [0, 0.05) is 12.1 Å². The van der Waals surface area contributed by atoms with Gasteiger partial charge in [-0.3, -0.25) is 0 Å². The van der Waals surface area contributed by atoms with Gasteiger partial charge in [0.05, 0.1) is 0 Å². The van der Waals surface area contributed by atoms with E-state index in [1.165, 1.54) is 38.2 Å². The van der Waals surface area contributed by atoms with Gasteiger partial charge in [-0.25, -0.2) is 4.39 Å². The minimum Gasteiger partial charge on any atom is -0.307 e. The first-order valence-corrected chi connectivity index (χ1v) is 8.20. The molecule has 1 aromatic rings. The van der Waals surface area contributed by atoms with Crippen LogP contribution in [0, 0.1) is 29.5 Å². The summed E-state index contributed by atoms with van der Waals surface area (Å²) < 4.78 is 13.4. The summed E-state index contributed by atoms with van der Waals surface area (Å²) in [5, 5.41) is 3.84. The standard InChI is InChI=1S/C18H24FN/c1-11(14-3-2-4-17(19)10-14)20-18-15-6-12-5-13(8-15)9-16(18)7-12/h2-4,10-13,15-16,18,20H,5-9H2,1H3/t11-,12?,13?,15?,16?,18?/m0/s1. The Balaban J connectivity index is 1.49. The van der Waals surface area contributed by atoms with Gasteiger partial charge < -0.3 is 5.32 Å². The van der Waals surface area contributed by atoms with Gasteiger partial charge in [0.25, 0.3) is 0 Å². The molecular weight excluding hydrogens is 249 g/mol. The van der Waals surface area contributed by atoms with Crippen molar-refractivity contribution in [1.82, 2.24) is 5.32 Å². The number of rotatable bonds is 3. The normalized spacial score (nSPS) is 40.0. The molecule has 1 aromatic carbocycles. The Bertz CT molecular complexity index is 470. The molecule has 0 aliphatic heterocycles. The third kappa shape index (κ3) is 2.18. The Morgan fingerprint density at radius 3 is 2.30 bits per heavy atom. The number of hydrogen-bond acceptors (Lipinski definition) is 1. The molecule has 0 saturated heterocycles. The van der Waals surface area contributed by atoms with Crippen molar-refractivity contribution in [3.05, 3.63) is 35.6 Å². The quantitative estimate of drug-likeness (QED) is 0.865. The van der Waals surface area contributed by atoms with Crippen LogP contribution >= 0.6 is 0 Å². The average Bonchev–Trinajstić information content (AvgIpc) is 2.42. The van der Waals surface area contributed by atoms with Crippen LogP contribution in [0.1, 0.15) is 50.6 Å². The van der Waals surface area contributed by atoms with E-state index in [0.29, 0.717) is 6.04 Å². The molecule has 0 aromatic heterocycles. The smallest absolute Gasteiger partial charge is 0.123 e. The molecule has 0 spiro atoms. The maximum Gasteiger partial charge on any atom is 0.123 e. The second-order valence-corrected chi connectivity index (χ2v) is 7.40. The van der Waals surface area contributed by atoms with Crippen molar-refractivity contribution < 1.29 is 4.39 Å². The largest absolute Gasteiger partial charge is 0.307 e. The van der Waals surface area contributed by atoms with E-state index >= 15 is 0 Å². The fourth-order valence-corrected chi connectivity index (χ4v) is 5.36. The molecular formula is C18H24FN. The molecule has 108 valence electrons. The molecule has 0 unspecified atom stereocenters. The fourth-order valence-electron chi connectivity index (χ4n) is 5.36. The molecule has 4 saturated carbocycles. The van der Waals surface area contributed by atoms with Crippen LogP contribution in [-0.4, -0.2) is 6.04 Å². The van der Waals surface area contributed by atoms with Gasteiger partial charge in [0.1, 0.15) is 5.82 Å². The number of nitrogens with one attached hydrogen (secondary N) is 1. The van der Waals surface area contributed by atoms with Crippen molar-refractivity contribution in [2.24, 2.45) is 23.7 Å². The van der Waals surface area contributed by atoms with E-state index in [-0.39, 0.29) is 11.9 Å². The molecule has 4 aliphatic rings. The Kier molecular flexibility index (Phi) is 3.10. The monoisotopic (exact) mass is 273 g/mol. The third-order valence-corrected chi connectivity index (χ3v) is 6.02. The summed E-state index contributed by atoms with van der Waals surface area (Å²) in [6.07, 6.45) is 7.22. The van der Waals surface area contributed by atoms with E-state index in [1.54, 1.807) is 6.07 Å². The number of hydrogen-bond donors (Lipinski definition) is 1. The van der Waals surface area contributed by atoms with Gasteiger partial charge in [-0.05, 0) is 80.4 Å². The Morgan fingerprint density at radius 1 is 1.05 bits per heavy atom. The molecule has 1 atom stereocenters. The minimum absolute atomic E-state index is 0.124. The zero-order valence-electron chi connectivity index (χ0n) is 12.2. The molecule has 4 aliphatic carbocycles. The van der Waals surface area contributed by atoms with Crippen molar-refractivity contribution in [1.29, 1.82) is 0 Å². The van der Waals surface area contributed by atoms with Crippen molar-refractivity contribution in [2.75, 3.05) is 0 Å². The third-order valence-electron chi connectivity index (χ3n) is 6.02. The van der Waals surface area contributed by atoms with E-state index in [1.807, 2.05) is 12.1 Å². The van der Waals surface area contributed by atoms with Crippen LogP contribution in [0.4, 0.5) is 4.39 Å². The van der Waals surface area contributed by atoms with E-state index in [2.05, 4.69) is 12.2 Å². The summed E-state index contributed by atoms with van der Waals surface area (Å²) in [6, 6.07) is 7.98. The van der Waals surface area contributed by atoms with Gasteiger partial charge in [0.2, 0.25) is 0 Å². The van der Waals surface area contributed by atoms with E-state index < -0.39 is 0 Å². The van der Waals surface area contributed by atoms with Gasteiger partial charge in [-0.2, -0.15) is 0 Å². The van der Waals surface area contributed by atoms with E-state index in [0.717, 1.165) is 29.2 Å². The predicted octanol–water partition coefficient (Wildman–Crippen LogP) is 4.30. The van der Waals surface area contributed by atoms with Crippen LogP contribution in [0.3, 0.4) is 0 Å². The van der Waals surface area contributed by atoms with Gasteiger partial charge in [-0.15, -0.1) is 0 Å². The minimum atomic E-state index is -0.124.